The van der Waals surface area contributed by atoms with Gasteiger partial charge in [-0.15, -0.1) is 0 Å². The number of hydrogen-bond donors (Lipinski definition) is 1. The standard InChI is InChI=1S/C18H36N2O2/c1-4-7-9-14-20(15-10-8-13-17(19)21)18(22)16(11-5-2)12-6-3/h16H,4-15H2,1-3H3,(H2,19,21). The van der Waals surface area contributed by atoms with E-state index in [1.807, 2.05) is 4.90 Å². The third-order valence-electron chi connectivity index (χ3n) is 4.07. The molecule has 0 aliphatic carbocycles. The molecule has 4 nitrogen and oxygen atoms in total. The van der Waals surface area contributed by atoms with Crippen molar-refractivity contribution in [3.8, 4) is 0 Å². The average Bonchev–Trinajstić information content (AvgIpc) is 2.48. The Balaban J connectivity index is 4.50. The van der Waals surface area contributed by atoms with Crippen LogP contribution in [0.4, 0.5) is 0 Å². The fourth-order valence-electron chi connectivity index (χ4n) is 2.83. The van der Waals surface area contributed by atoms with Crippen molar-refractivity contribution in [2.45, 2.75) is 85.0 Å². The Bertz CT molecular complexity index is 299. The first-order valence-electron chi connectivity index (χ1n) is 9.13. The molecule has 0 unspecified atom stereocenters. The van der Waals surface area contributed by atoms with Crippen molar-refractivity contribution >= 4 is 11.8 Å². The predicted molar refractivity (Wildman–Crippen MR) is 92.5 cm³/mol. The van der Waals surface area contributed by atoms with Crippen LogP contribution < -0.4 is 5.73 Å². The molecule has 0 aromatic rings. The van der Waals surface area contributed by atoms with Crippen LogP contribution in [0.3, 0.4) is 0 Å². The minimum Gasteiger partial charge on any atom is -0.370 e. The van der Waals surface area contributed by atoms with E-state index in [9.17, 15) is 9.59 Å². The number of nitrogens with zero attached hydrogens (tertiary/aromatic N) is 1. The Morgan fingerprint density at radius 3 is 1.86 bits per heavy atom. The Kier molecular flexibility index (Phi) is 12.9. The fourth-order valence-corrected chi connectivity index (χ4v) is 2.83. The number of nitrogens with two attached hydrogens (primary N) is 1. The number of unbranched alkanes of at least 4 members (excludes halogenated alkanes) is 3. The van der Waals surface area contributed by atoms with Crippen molar-refractivity contribution in [3.63, 3.8) is 0 Å². The summed E-state index contributed by atoms with van der Waals surface area (Å²) in [6.07, 6.45) is 9.55. The molecular formula is C18H36N2O2. The Hall–Kier alpha value is -1.06. The number of rotatable bonds is 14. The maximum Gasteiger partial charge on any atom is 0.225 e. The summed E-state index contributed by atoms with van der Waals surface area (Å²) in [5.74, 6) is 0.241. The maximum atomic E-state index is 12.8. The third-order valence-corrected chi connectivity index (χ3v) is 4.07. The monoisotopic (exact) mass is 312 g/mol. The lowest BCUT2D eigenvalue weighted by Crippen LogP contribution is -2.37. The van der Waals surface area contributed by atoms with Crippen molar-refractivity contribution in [1.82, 2.24) is 4.90 Å². The molecule has 0 radical (unpaired) electrons. The average molecular weight is 312 g/mol. The summed E-state index contributed by atoms with van der Waals surface area (Å²) in [5.41, 5.74) is 5.18. The van der Waals surface area contributed by atoms with E-state index in [0.29, 0.717) is 12.3 Å². The molecule has 0 spiro atoms. The van der Waals surface area contributed by atoms with E-state index in [1.54, 1.807) is 0 Å². The number of amides is 2. The van der Waals surface area contributed by atoms with Gasteiger partial charge in [0.1, 0.15) is 0 Å². The second-order valence-electron chi connectivity index (χ2n) is 6.23. The van der Waals surface area contributed by atoms with E-state index in [-0.39, 0.29) is 11.8 Å². The minimum absolute atomic E-state index is 0.174. The van der Waals surface area contributed by atoms with E-state index in [4.69, 9.17) is 5.73 Å². The lowest BCUT2D eigenvalue weighted by molar-refractivity contribution is -0.136. The molecule has 22 heavy (non-hydrogen) atoms. The van der Waals surface area contributed by atoms with Gasteiger partial charge < -0.3 is 10.6 Å². The van der Waals surface area contributed by atoms with Gasteiger partial charge in [-0.25, -0.2) is 0 Å². The summed E-state index contributed by atoms with van der Waals surface area (Å²) in [4.78, 5) is 25.6. The summed E-state index contributed by atoms with van der Waals surface area (Å²) in [7, 11) is 0. The van der Waals surface area contributed by atoms with Gasteiger partial charge in [0.25, 0.3) is 0 Å². The van der Waals surface area contributed by atoms with E-state index < -0.39 is 0 Å². The van der Waals surface area contributed by atoms with Crippen molar-refractivity contribution in [2.75, 3.05) is 13.1 Å². The van der Waals surface area contributed by atoms with Crippen molar-refractivity contribution in [3.05, 3.63) is 0 Å². The highest BCUT2D eigenvalue weighted by Gasteiger charge is 2.22. The van der Waals surface area contributed by atoms with E-state index in [2.05, 4.69) is 20.8 Å². The van der Waals surface area contributed by atoms with Gasteiger partial charge in [0.2, 0.25) is 11.8 Å². The number of carbonyl (C=O) groups is 2. The van der Waals surface area contributed by atoms with Gasteiger partial charge in [-0.3, -0.25) is 9.59 Å². The minimum atomic E-state index is -0.251. The molecule has 0 aliphatic heterocycles. The highest BCUT2D eigenvalue weighted by atomic mass is 16.2. The topological polar surface area (TPSA) is 63.4 Å². The molecule has 0 saturated carbocycles. The molecule has 0 saturated heterocycles. The van der Waals surface area contributed by atoms with E-state index in [0.717, 1.165) is 70.9 Å². The van der Waals surface area contributed by atoms with Crippen LogP contribution in [0.25, 0.3) is 0 Å². The van der Waals surface area contributed by atoms with Crippen LogP contribution in [-0.2, 0) is 9.59 Å². The van der Waals surface area contributed by atoms with Gasteiger partial charge in [-0.2, -0.15) is 0 Å². The van der Waals surface area contributed by atoms with Gasteiger partial charge in [0.15, 0.2) is 0 Å². The first-order valence-corrected chi connectivity index (χ1v) is 9.13. The molecule has 4 heteroatoms. The number of primary amides is 1. The molecule has 0 rings (SSSR count). The molecular weight excluding hydrogens is 276 g/mol. The summed E-state index contributed by atoms with van der Waals surface area (Å²) < 4.78 is 0. The number of carbonyl (C=O) groups excluding carboxylic acids is 2. The van der Waals surface area contributed by atoms with Gasteiger partial charge in [-0.05, 0) is 32.1 Å². The van der Waals surface area contributed by atoms with Gasteiger partial charge in [-0.1, -0.05) is 46.5 Å². The maximum absolute atomic E-state index is 12.8. The van der Waals surface area contributed by atoms with Crippen molar-refractivity contribution in [2.24, 2.45) is 11.7 Å². The zero-order valence-corrected chi connectivity index (χ0v) is 14.9. The summed E-state index contributed by atoms with van der Waals surface area (Å²) >= 11 is 0. The van der Waals surface area contributed by atoms with E-state index in [1.165, 1.54) is 0 Å². The van der Waals surface area contributed by atoms with Gasteiger partial charge >= 0.3 is 0 Å². The second kappa shape index (κ2) is 13.6. The molecule has 0 bridgehead atoms. The van der Waals surface area contributed by atoms with Crippen LogP contribution in [0.15, 0.2) is 0 Å². The smallest absolute Gasteiger partial charge is 0.225 e. The van der Waals surface area contributed by atoms with Crippen LogP contribution in [0.2, 0.25) is 0 Å². The lowest BCUT2D eigenvalue weighted by atomic mass is 9.96. The molecule has 130 valence electrons. The molecule has 2 N–H and O–H groups in total. The Labute approximate surface area is 136 Å². The summed E-state index contributed by atoms with van der Waals surface area (Å²) in [6.45, 7) is 8.08. The van der Waals surface area contributed by atoms with Gasteiger partial charge in [0.05, 0.1) is 0 Å². The SMILES string of the molecule is CCCCCN(CCCCC(N)=O)C(=O)C(CCC)CCC. The molecule has 0 aromatic carbocycles. The highest BCUT2D eigenvalue weighted by molar-refractivity contribution is 5.78. The molecule has 0 heterocycles. The van der Waals surface area contributed by atoms with E-state index >= 15 is 0 Å². The molecule has 0 atom stereocenters. The van der Waals surface area contributed by atoms with Crippen LogP contribution >= 0.6 is 0 Å². The first kappa shape index (κ1) is 20.9. The molecule has 0 aliphatic rings. The highest BCUT2D eigenvalue weighted by Crippen LogP contribution is 2.18. The Morgan fingerprint density at radius 2 is 1.41 bits per heavy atom. The van der Waals surface area contributed by atoms with Crippen LogP contribution in [0.5, 0.6) is 0 Å². The third kappa shape index (κ3) is 9.80. The van der Waals surface area contributed by atoms with Crippen LogP contribution in [-0.4, -0.2) is 29.8 Å². The lowest BCUT2D eigenvalue weighted by Gasteiger charge is -2.27. The predicted octanol–water partition coefficient (Wildman–Crippen LogP) is 3.88. The van der Waals surface area contributed by atoms with Crippen LogP contribution in [0, 0.1) is 5.92 Å². The normalized spacial score (nSPS) is 10.9. The fraction of sp³-hybridized carbons (Fsp3) is 0.889. The van der Waals surface area contributed by atoms with Crippen LogP contribution in [0.1, 0.15) is 85.0 Å². The van der Waals surface area contributed by atoms with Crippen molar-refractivity contribution < 1.29 is 9.59 Å². The number of hydrogen-bond acceptors (Lipinski definition) is 2. The zero-order valence-electron chi connectivity index (χ0n) is 14.9. The summed E-state index contributed by atoms with van der Waals surface area (Å²) in [6, 6.07) is 0. The zero-order chi connectivity index (χ0) is 16.8. The second-order valence-corrected chi connectivity index (χ2v) is 6.23. The molecule has 0 fully saturated rings. The molecule has 2 amide bonds. The van der Waals surface area contributed by atoms with Crippen molar-refractivity contribution in [1.29, 1.82) is 0 Å². The summed E-state index contributed by atoms with van der Waals surface area (Å²) in [5, 5.41) is 0. The largest absolute Gasteiger partial charge is 0.370 e. The Morgan fingerprint density at radius 1 is 0.864 bits per heavy atom. The molecule has 0 aromatic heterocycles. The first-order chi connectivity index (χ1) is 10.6. The van der Waals surface area contributed by atoms with Gasteiger partial charge in [0, 0.05) is 25.4 Å². The quantitative estimate of drug-likeness (QED) is 0.495.